The highest BCUT2D eigenvalue weighted by Crippen LogP contribution is 2.38. The third kappa shape index (κ3) is 2.16. The largest absolute Gasteiger partial charge is 0.481 e. The van der Waals surface area contributed by atoms with Gasteiger partial charge in [-0.15, -0.1) is 11.3 Å². The number of hydrogen-bond acceptors (Lipinski definition) is 3. The molecule has 98 valence electrons. The molecule has 0 spiro atoms. The van der Waals surface area contributed by atoms with Crippen LogP contribution in [-0.2, 0) is 11.2 Å². The van der Waals surface area contributed by atoms with Crippen LogP contribution in [0.3, 0.4) is 0 Å². The summed E-state index contributed by atoms with van der Waals surface area (Å²) in [6.45, 7) is 2.06. The number of fused-ring (bicyclic) bond motifs is 1. The van der Waals surface area contributed by atoms with Gasteiger partial charge in [0.25, 0.3) is 0 Å². The fourth-order valence-electron chi connectivity index (χ4n) is 2.59. The zero-order chi connectivity index (χ0) is 13.4. The number of carbonyl (C=O) groups is 1. The molecule has 1 aromatic carbocycles. The lowest BCUT2D eigenvalue weighted by molar-refractivity contribution is -0.139. The second-order valence-electron chi connectivity index (χ2n) is 4.93. The summed E-state index contributed by atoms with van der Waals surface area (Å²) in [5, 5.41) is 10.2. The van der Waals surface area contributed by atoms with Gasteiger partial charge in [0.1, 0.15) is 5.01 Å². The lowest BCUT2D eigenvalue weighted by Crippen LogP contribution is -2.17. The Balaban J connectivity index is 2.07. The molecule has 0 saturated carbocycles. The molecule has 1 heterocycles. The molecule has 1 atom stereocenters. The lowest BCUT2D eigenvalue weighted by Gasteiger charge is -2.16. The summed E-state index contributed by atoms with van der Waals surface area (Å²) in [6, 6.07) is 8.11. The molecule has 1 unspecified atom stereocenters. The van der Waals surface area contributed by atoms with Crippen LogP contribution >= 0.6 is 11.3 Å². The van der Waals surface area contributed by atoms with E-state index in [0.717, 1.165) is 34.0 Å². The van der Waals surface area contributed by atoms with E-state index in [1.807, 2.05) is 12.1 Å². The van der Waals surface area contributed by atoms with Crippen molar-refractivity contribution >= 4 is 17.3 Å². The van der Waals surface area contributed by atoms with Crippen molar-refractivity contribution in [3.63, 3.8) is 0 Å². The maximum Gasteiger partial charge on any atom is 0.312 e. The van der Waals surface area contributed by atoms with Gasteiger partial charge in [-0.3, -0.25) is 4.79 Å². The summed E-state index contributed by atoms with van der Waals surface area (Å²) in [5.41, 5.74) is 3.09. The molecule has 0 saturated heterocycles. The molecule has 1 aliphatic carbocycles. The Kier molecular flexibility index (Phi) is 3.11. The van der Waals surface area contributed by atoms with E-state index in [1.54, 1.807) is 11.3 Å². The Morgan fingerprint density at radius 2 is 2.21 bits per heavy atom. The summed E-state index contributed by atoms with van der Waals surface area (Å²) in [6.07, 6.45) is 2.61. The minimum atomic E-state index is -0.748. The first-order valence-electron chi connectivity index (χ1n) is 6.45. The van der Waals surface area contributed by atoms with Crippen molar-refractivity contribution < 1.29 is 9.90 Å². The zero-order valence-electron chi connectivity index (χ0n) is 10.7. The van der Waals surface area contributed by atoms with Crippen LogP contribution in [0.5, 0.6) is 0 Å². The SMILES string of the molecule is Cc1ccccc1-c1nc2c(s1)CCCC2C(=O)O. The first kappa shape index (κ1) is 12.4. The van der Waals surface area contributed by atoms with E-state index in [9.17, 15) is 9.90 Å². The molecule has 2 aromatic rings. The second-order valence-corrected chi connectivity index (χ2v) is 6.01. The Bertz CT molecular complexity index is 633. The van der Waals surface area contributed by atoms with Crippen molar-refractivity contribution in [3.8, 4) is 10.6 Å². The van der Waals surface area contributed by atoms with Gasteiger partial charge in [0, 0.05) is 10.4 Å². The smallest absolute Gasteiger partial charge is 0.312 e. The molecule has 3 rings (SSSR count). The Hall–Kier alpha value is -1.68. The van der Waals surface area contributed by atoms with Gasteiger partial charge in [-0.2, -0.15) is 0 Å². The standard InChI is InChI=1S/C15H15NO2S/c1-9-5-2-3-6-10(9)14-16-13-11(15(17)18)7-4-8-12(13)19-14/h2-3,5-6,11H,4,7-8H2,1H3,(H,17,18). The number of aromatic nitrogens is 1. The second kappa shape index (κ2) is 4.78. The quantitative estimate of drug-likeness (QED) is 0.909. The van der Waals surface area contributed by atoms with E-state index in [0.29, 0.717) is 6.42 Å². The number of nitrogens with zero attached hydrogens (tertiary/aromatic N) is 1. The number of rotatable bonds is 2. The molecule has 1 N–H and O–H groups in total. The molecule has 1 aromatic heterocycles. The molecule has 1 aliphatic rings. The van der Waals surface area contributed by atoms with Crippen molar-refractivity contribution in [1.82, 2.24) is 4.98 Å². The van der Waals surface area contributed by atoms with Gasteiger partial charge < -0.3 is 5.11 Å². The normalized spacial score (nSPS) is 18.1. The van der Waals surface area contributed by atoms with E-state index in [-0.39, 0.29) is 0 Å². The third-order valence-electron chi connectivity index (χ3n) is 3.63. The van der Waals surface area contributed by atoms with E-state index in [2.05, 4.69) is 24.0 Å². The van der Waals surface area contributed by atoms with Gasteiger partial charge in [0.2, 0.25) is 0 Å². The number of benzene rings is 1. The summed E-state index contributed by atoms with van der Waals surface area (Å²) >= 11 is 1.65. The average molecular weight is 273 g/mol. The fraction of sp³-hybridized carbons (Fsp3) is 0.333. The van der Waals surface area contributed by atoms with Crippen LogP contribution in [0.1, 0.15) is 34.9 Å². The summed E-state index contributed by atoms with van der Waals surface area (Å²) in [7, 11) is 0. The van der Waals surface area contributed by atoms with Crippen molar-refractivity contribution in [2.24, 2.45) is 0 Å². The van der Waals surface area contributed by atoms with Crippen molar-refractivity contribution in [2.75, 3.05) is 0 Å². The number of carboxylic acid groups (broad SMARTS) is 1. The predicted molar refractivity (Wildman–Crippen MR) is 75.6 cm³/mol. The number of aryl methyl sites for hydroxylation is 2. The van der Waals surface area contributed by atoms with Crippen molar-refractivity contribution in [3.05, 3.63) is 40.4 Å². The van der Waals surface area contributed by atoms with Crippen LogP contribution in [0.15, 0.2) is 24.3 Å². The topological polar surface area (TPSA) is 50.2 Å². The summed E-state index contributed by atoms with van der Waals surface area (Å²) in [5.74, 6) is -1.17. The zero-order valence-corrected chi connectivity index (χ0v) is 11.5. The number of carboxylic acids is 1. The number of hydrogen-bond donors (Lipinski definition) is 1. The van der Waals surface area contributed by atoms with Crippen LogP contribution < -0.4 is 0 Å². The van der Waals surface area contributed by atoms with Crippen LogP contribution in [0, 0.1) is 6.92 Å². The number of thiazole rings is 1. The monoisotopic (exact) mass is 273 g/mol. The molecular weight excluding hydrogens is 258 g/mol. The van der Waals surface area contributed by atoms with Gasteiger partial charge in [0.15, 0.2) is 0 Å². The Labute approximate surface area is 115 Å². The van der Waals surface area contributed by atoms with Gasteiger partial charge in [-0.25, -0.2) is 4.98 Å². The van der Waals surface area contributed by atoms with Crippen LogP contribution in [0.4, 0.5) is 0 Å². The van der Waals surface area contributed by atoms with Crippen LogP contribution in [0.2, 0.25) is 0 Å². The first-order chi connectivity index (χ1) is 9.16. The summed E-state index contributed by atoms with van der Waals surface area (Å²) in [4.78, 5) is 17.1. The highest BCUT2D eigenvalue weighted by molar-refractivity contribution is 7.15. The van der Waals surface area contributed by atoms with Crippen LogP contribution in [-0.4, -0.2) is 16.1 Å². The van der Waals surface area contributed by atoms with E-state index >= 15 is 0 Å². The number of aliphatic carboxylic acids is 1. The minimum Gasteiger partial charge on any atom is -0.481 e. The highest BCUT2D eigenvalue weighted by atomic mass is 32.1. The molecule has 0 fully saturated rings. The maximum atomic E-state index is 11.3. The third-order valence-corrected chi connectivity index (χ3v) is 4.79. The Morgan fingerprint density at radius 3 is 2.95 bits per heavy atom. The average Bonchev–Trinajstić information content (AvgIpc) is 2.82. The van der Waals surface area contributed by atoms with Gasteiger partial charge in [-0.1, -0.05) is 24.3 Å². The first-order valence-corrected chi connectivity index (χ1v) is 7.27. The lowest BCUT2D eigenvalue weighted by atomic mass is 9.91. The molecule has 0 aliphatic heterocycles. The predicted octanol–water partition coefficient (Wildman–Crippen LogP) is 3.62. The molecule has 19 heavy (non-hydrogen) atoms. The van der Waals surface area contributed by atoms with Crippen LogP contribution in [0.25, 0.3) is 10.6 Å². The summed E-state index contributed by atoms with van der Waals surface area (Å²) < 4.78 is 0. The minimum absolute atomic E-state index is 0.419. The molecule has 3 nitrogen and oxygen atoms in total. The maximum absolute atomic E-state index is 11.3. The molecular formula is C15H15NO2S. The van der Waals surface area contributed by atoms with E-state index in [1.165, 1.54) is 5.56 Å². The molecule has 0 radical (unpaired) electrons. The van der Waals surface area contributed by atoms with Crippen molar-refractivity contribution in [2.45, 2.75) is 32.1 Å². The van der Waals surface area contributed by atoms with Gasteiger partial charge >= 0.3 is 5.97 Å². The molecule has 4 heteroatoms. The van der Waals surface area contributed by atoms with E-state index in [4.69, 9.17) is 0 Å². The molecule has 0 bridgehead atoms. The Morgan fingerprint density at radius 1 is 1.42 bits per heavy atom. The fourth-order valence-corrected chi connectivity index (χ4v) is 3.84. The van der Waals surface area contributed by atoms with Crippen molar-refractivity contribution in [1.29, 1.82) is 0 Å². The van der Waals surface area contributed by atoms with E-state index < -0.39 is 11.9 Å². The van der Waals surface area contributed by atoms with Gasteiger partial charge in [-0.05, 0) is 31.7 Å². The molecule has 0 amide bonds. The van der Waals surface area contributed by atoms with Gasteiger partial charge in [0.05, 0.1) is 11.6 Å². The highest BCUT2D eigenvalue weighted by Gasteiger charge is 2.30.